The maximum atomic E-state index is 4.54. The number of hydrogen-bond donors (Lipinski definition) is 1. The molecule has 0 radical (unpaired) electrons. The van der Waals surface area contributed by atoms with E-state index in [1.54, 1.807) is 0 Å². The summed E-state index contributed by atoms with van der Waals surface area (Å²) in [5.74, 6) is 0. The second-order valence-electron chi connectivity index (χ2n) is 7.42. The van der Waals surface area contributed by atoms with Crippen molar-refractivity contribution < 1.29 is 0 Å². The third-order valence-corrected chi connectivity index (χ3v) is 5.26. The molecule has 0 spiro atoms. The minimum atomic E-state index is 0.742. The molecular weight excluding hydrogens is 378 g/mol. The second kappa shape index (κ2) is 9.23. The summed E-state index contributed by atoms with van der Waals surface area (Å²) in [6.45, 7) is 10.5. The Labute approximate surface area is 183 Å². The predicted octanol–water partition coefficient (Wildman–Crippen LogP) is 7.02. The first-order valence-corrected chi connectivity index (χ1v) is 10.3. The Balaban J connectivity index is 1.47. The lowest BCUT2D eigenvalue weighted by Gasteiger charge is -2.10. The van der Waals surface area contributed by atoms with E-state index < -0.39 is 0 Å². The van der Waals surface area contributed by atoms with Crippen molar-refractivity contribution in [2.24, 2.45) is 0 Å². The molecule has 2 heterocycles. The van der Waals surface area contributed by atoms with Crippen molar-refractivity contribution >= 4 is 17.8 Å². The number of hydrogen-bond acceptors (Lipinski definition) is 3. The molecule has 4 aromatic rings. The molecule has 0 amide bonds. The summed E-state index contributed by atoms with van der Waals surface area (Å²) in [5.41, 5.74) is 9.76. The number of benzene rings is 2. The highest BCUT2D eigenvalue weighted by Gasteiger charge is 2.05. The van der Waals surface area contributed by atoms with E-state index in [9.17, 15) is 0 Å². The van der Waals surface area contributed by atoms with Crippen molar-refractivity contribution in [3.8, 4) is 22.4 Å². The largest absolute Gasteiger partial charge is 0.381 e. The second-order valence-corrected chi connectivity index (χ2v) is 7.42. The highest BCUT2D eigenvalue weighted by Crippen LogP contribution is 2.25. The molecule has 0 aliphatic carbocycles. The van der Waals surface area contributed by atoms with Gasteiger partial charge in [-0.05, 0) is 65.1 Å². The van der Waals surface area contributed by atoms with Gasteiger partial charge in [-0.1, -0.05) is 61.7 Å². The van der Waals surface area contributed by atoms with Crippen molar-refractivity contribution in [2.45, 2.75) is 13.5 Å². The number of aryl methyl sites for hydroxylation is 1. The molecular formula is C28H25N3. The Morgan fingerprint density at radius 1 is 0.742 bits per heavy atom. The van der Waals surface area contributed by atoms with E-state index in [1.165, 1.54) is 16.7 Å². The third-order valence-electron chi connectivity index (χ3n) is 5.26. The Kier molecular flexibility index (Phi) is 6.04. The maximum absolute atomic E-state index is 4.54. The molecule has 0 saturated heterocycles. The van der Waals surface area contributed by atoms with E-state index in [-0.39, 0.29) is 0 Å². The first kappa shape index (κ1) is 20.3. The molecule has 1 N–H and O–H groups in total. The lowest BCUT2D eigenvalue weighted by atomic mass is 10.0. The SMILES string of the molecule is C=Cc1ccc(-c2cc(NCc3ccc(-c4ccnc(C)c4)cc3)ccn2)cc1C=C. The standard InChI is InChI=1S/C28H25N3/c1-4-22-10-11-26(17-23(22)5-2)28-18-27(13-15-30-28)31-19-21-6-8-24(9-7-21)25-12-14-29-20(3)16-25/h4-18H,1-2,19H2,3H3,(H,30,31). The normalized spacial score (nSPS) is 10.5. The highest BCUT2D eigenvalue weighted by molar-refractivity contribution is 5.72. The van der Waals surface area contributed by atoms with Crippen LogP contribution >= 0.6 is 0 Å². The molecule has 3 nitrogen and oxygen atoms in total. The summed E-state index contributed by atoms with van der Waals surface area (Å²) in [4.78, 5) is 8.81. The van der Waals surface area contributed by atoms with Gasteiger partial charge in [0.15, 0.2) is 0 Å². The van der Waals surface area contributed by atoms with Gasteiger partial charge in [0.1, 0.15) is 0 Å². The average Bonchev–Trinajstić information content (AvgIpc) is 2.83. The molecule has 2 aromatic carbocycles. The van der Waals surface area contributed by atoms with Gasteiger partial charge in [-0.2, -0.15) is 0 Å². The molecule has 4 rings (SSSR count). The average molecular weight is 404 g/mol. The molecule has 0 bridgehead atoms. The molecule has 2 aromatic heterocycles. The third kappa shape index (κ3) is 4.78. The van der Waals surface area contributed by atoms with Crippen molar-refractivity contribution in [3.05, 3.63) is 115 Å². The van der Waals surface area contributed by atoms with Crippen molar-refractivity contribution in [2.75, 3.05) is 5.32 Å². The van der Waals surface area contributed by atoms with Crippen LogP contribution in [-0.2, 0) is 6.54 Å². The number of nitrogens with one attached hydrogen (secondary N) is 1. The van der Waals surface area contributed by atoms with Crippen LogP contribution in [0, 0.1) is 6.92 Å². The molecule has 3 heteroatoms. The van der Waals surface area contributed by atoms with Gasteiger partial charge in [0.2, 0.25) is 0 Å². The van der Waals surface area contributed by atoms with Crippen molar-refractivity contribution in [1.29, 1.82) is 0 Å². The minimum absolute atomic E-state index is 0.742. The summed E-state index contributed by atoms with van der Waals surface area (Å²) in [7, 11) is 0. The smallest absolute Gasteiger partial charge is 0.0722 e. The van der Waals surface area contributed by atoms with E-state index in [0.717, 1.165) is 40.3 Å². The van der Waals surface area contributed by atoms with Crippen LogP contribution in [0.5, 0.6) is 0 Å². The Hall–Kier alpha value is -3.98. The Morgan fingerprint density at radius 2 is 1.48 bits per heavy atom. The zero-order valence-corrected chi connectivity index (χ0v) is 17.7. The number of nitrogens with zero attached hydrogens (tertiary/aromatic N) is 2. The molecule has 0 unspecified atom stereocenters. The van der Waals surface area contributed by atoms with Gasteiger partial charge in [0.05, 0.1) is 5.69 Å². The zero-order valence-electron chi connectivity index (χ0n) is 17.7. The van der Waals surface area contributed by atoms with Gasteiger partial charge >= 0.3 is 0 Å². The van der Waals surface area contributed by atoms with E-state index in [4.69, 9.17) is 0 Å². The van der Waals surface area contributed by atoms with Crippen molar-refractivity contribution in [1.82, 2.24) is 9.97 Å². The fourth-order valence-corrected chi connectivity index (χ4v) is 3.54. The first-order chi connectivity index (χ1) is 15.2. The summed E-state index contributed by atoms with van der Waals surface area (Å²) < 4.78 is 0. The number of pyridine rings is 2. The summed E-state index contributed by atoms with van der Waals surface area (Å²) in [5, 5.41) is 3.50. The van der Waals surface area contributed by atoms with Crippen LogP contribution < -0.4 is 5.32 Å². The summed E-state index contributed by atoms with van der Waals surface area (Å²) in [6, 6.07) is 23.0. The number of aromatic nitrogens is 2. The number of rotatable bonds is 7. The van der Waals surface area contributed by atoms with Crippen LogP contribution in [-0.4, -0.2) is 9.97 Å². The molecule has 0 saturated carbocycles. The van der Waals surface area contributed by atoms with E-state index in [0.29, 0.717) is 0 Å². The lowest BCUT2D eigenvalue weighted by molar-refractivity contribution is 1.14. The van der Waals surface area contributed by atoms with Gasteiger partial charge in [0, 0.05) is 35.9 Å². The van der Waals surface area contributed by atoms with Crippen molar-refractivity contribution in [3.63, 3.8) is 0 Å². The van der Waals surface area contributed by atoms with Gasteiger partial charge in [-0.15, -0.1) is 0 Å². The molecule has 31 heavy (non-hydrogen) atoms. The van der Waals surface area contributed by atoms with Crippen LogP contribution in [0.15, 0.2) is 92.3 Å². The Morgan fingerprint density at radius 3 is 2.23 bits per heavy atom. The van der Waals surface area contributed by atoms with Gasteiger partial charge in [0.25, 0.3) is 0 Å². The monoisotopic (exact) mass is 403 g/mol. The van der Waals surface area contributed by atoms with Crippen LogP contribution in [0.25, 0.3) is 34.5 Å². The topological polar surface area (TPSA) is 37.8 Å². The van der Waals surface area contributed by atoms with Crippen LogP contribution in [0.3, 0.4) is 0 Å². The van der Waals surface area contributed by atoms with Gasteiger partial charge < -0.3 is 5.32 Å². The molecule has 0 fully saturated rings. The Bertz CT molecular complexity index is 1220. The molecule has 0 aliphatic heterocycles. The molecule has 152 valence electrons. The highest BCUT2D eigenvalue weighted by atomic mass is 14.9. The minimum Gasteiger partial charge on any atom is -0.381 e. The van der Waals surface area contributed by atoms with Gasteiger partial charge in [-0.25, -0.2) is 0 Å². The van der Waals surface area contributed by atoms with E-state index in [2.05, 4.69) is 77.0 Å². The summed E-state index contributed by atoms with van der Waals surface area (Å²) in [6.07, 6.45) is 7.37. The maximum Gasteiger partial charge on any atom is 0.0722 e. The lowest BCUT2D eigenvalue weighted by Crippen LogP contribution is -2.00. The quantitative estimate of drug-likeness (QED) is 0.360. The van der Waals surface area contributed by atoms with Gasteiger partial charge in [-0.3, -0.25) is 9.97 Å². The van der Waals surface area contributed by atoms with E-state index in [1.807, 2.05) is 49.7 Å². The zero-order chi connectivity index (χ0) is 21.6. The van der Waals surface area contributed by atoms with Crippen LogP contribution in [0.2, 0.25) is 0 Å². The molecule has 0 atom stereocenters. The molecule has 0 aliphatic rings. The first-order valence-electron chi connectivity index (χ1n) is 10.3. The summed E-state index contributed by atoms with van der Waals surface area (Å²) >= 11 is 0. The fourth-order valence-electron chi connectivity index (χ4n) is 3.54. The van der Waals surface area contributed by atoms with Crippen LogP contribution in [0.4, 0.5) is 5.69 Å². The number of anilines is 1. The van der Waals surface area contributed by atoms with E-state index >= 15 is 0 Å². The van der Waals surface area contributed by atoms with Crippen LogP contribution in [0.1, 0.15) is 22.4 Å². The fraction of sp³-hybridized carbons (Fsp3) is 0.0714. The predicted molar refractivity (Wildman–Crippen MR) is 132 cm³/mol.